The number of aromatic amines is 1. The van der Waals surface area contributed by atoms with E-state index in [1.807, 2.05) is 18.2 Å². The van der Waals surface area contributed by atoms with E-state index < -0.39 is 8.32 Å². The Morgan fingerprint density at radius 3 is 2.58 bits per heavy atom. The topological polar surface area (TPSA) is 61.7 Å². The quantitative estimate of drug-likeness (QED) is 0.846. The number of benzene rings is 1. The van der Waals surface area contributed by atoms with Crippen LogP contribution in [0.2, 0.25) is 18.1 Å². The van der Waals surface area contributed by atoms with Crippen molar-refractivity contribution in [2.45, 2.75) is 38.9 Å². The van der Waals surface area contributed by atoms with Crippen molar-refractivity contribution in [2.24, 2.45) is 0 Å². The largest absolute Gasteiger partial charge is 0.543 e. The molecule has 0 bridgehead atoms. The second-order valence-electron chi connectivity index (χ2n) is 6.25. The zero-order valence-corrected chi connectivity index (χ0v) is 13.0. The van der Waals surface area contributed by atoms with Gasteiger partial charge in [0.05, 0.1) is 5.52 Å². The number of aromatic nitrogens is 2. The predicted octanol–water partition coefficient (Wildman–Crippen LogP) is 3.82. The Bertz CT molecular complexity index is 647. The molecule has 5 heteroatoms. The molecule has 1 aromatic carbocycles. The van der Waals surface area contributed by atoms with Crippen molar-refractivity contribution in [3.05, 3.63) is 23.9 Å². The number of nitrogens with zero attached hydrogens (tertiary/aromatic N) is 2. The lowest BCUT2D eigenvalue weighted by atomic mass is 10.2. The highest BCUT2D eigenvalue weighted by molar-refractivity contribution is 6.74. The second kappa shape index (κ2) is 4.39. The van der Waals surface area contributed by atoms with E-state index in [0.29, 0.717) is 5.69 Å². The van der Waals surface area contributed by atoms with Crippen molar-refractivity contribution in [3.63, 3.8) is 0 Å². The lowest BCUT2D eigenvalue weighted by Gasteiger charge is -2.36. The van der Waals surface area contributed by atoms with Gasteiger partial charge in [-0.3, -0.25) is 5.10 Å². The van der Waals surface area contributed by atoms with E-state index in [2.05, 4.69) is 50.1 Å². The van der Waals surface area contributed by atoms with Gasteiger partial charge in [0, 0.05) is 5.39 Å². The number of nitriles is 1. The van der Waals surface area contributed by atoms with E-state index in [1.54, 1.807) is 0 Å². The van der Waals surface area contributed by atoms with E-state index in [9.17, 15) is 0 Å². The second-order valence-corrected chi connectivity index (χ2v) is 11.0. The number of nitrogens with one attached hydrogen (secondary N) is 1. The average Bonchev–Trinajstić information content (AvgIpc) is 2.69. The zero-order valence-electron chi connectivity index (χ0n) is 12.0. The minimum atomic E-state index is -1.85. The Balaban J connectivity index is 2.40. The first kappa shape index (κ1) is 13.6. The van der Waals surface area contributed by atoms with Crippen LogP contribution in [0, 0.1) is 11.3 Å². The van der Waals surface area contributed by atoms with E-state index >= 15 is 0 Å². The summed E-state index contributed by atoms with van der Waals surface area (Å²) in [6, 6.07) is 7.83. The molecule has 2 aromatic rings. The first-order chi connectivity index (χ1) is 8.74. The molecule has 0 spiro atoms. The minimum absolute atomic E-state index is 0.149. The van der Waals surface area contributed by atoms with Gasteiger partial charge in [-0.05, 0) is 36.3 Å². The van der Waals surface area contributed by atoms with Crippen LogP contribution in [0.5, 0.6) is 5.75 Å². The van der Waals surface area contributed by atoms with Crippen LogP contribution in [-0.4, -0.2) is 18.5 Å². The van der Waals surface area contributed by atoms with Crippen LogP contribution in [0.3, 0.4) is 0 Å². The van der Waals surface area contributed by atoms with Gasteiger partial charge in [0.25, 0.3) is 0 Å². The highest BCUT2D eigenvalue weighted by Crippen LogP contribution is 2.37. The van der Waals surface area contributed by atoms with Gasteiger partial charge < -0.3 is 4.43 Å². The molecule has 1 aromatic heterocycles. The zero-order chi connectivity index (χ0) is 14.3. The molecule has 19 heavy (non-hydrogen) atoms. The van der Waals surface area contributed by atoms with E-state index in [0.717, 1.165) is 16.7 Å². The van der Waals surface area contributed by atoms with Crippen molar-refractivity contribution in [2.75, 3.05) is 0 Å². The van der Waals surface area contributed by atoms with Gasteiger partial charge in [0.15, 0.2) is 5.69 Å². The normalized spacial score (nSPS) is 12.4. The first-order valence-corrected chi connectivity index (χ1v) is 9.23. The van der Waals surface area contributed by atoms with E-state index in [4.69, 9.17) is 9.69 Å². The Kier molecular flexibility index (Phi) is 3.15. The highest BCUT2D eigenvalue weighted by Gasteiger charge is 2.39. The third-order valence-electron chi connectivity index (χ3n) is 3.82. The molecular formula is C14H19N3OSi. The van der Waals surface area contributed by atoms with Crippen molar-refractivity contribution in [1.82, 2.24) is 10.2 Å². The smallest absolute Gasteiger partial charge is 0.250 e. The van der Waals surface area contributed by atoms with Crippen molar-refractivity contribution < 1.29 is 4.43 Å². The lowest BCUT2D eigenvalue weighted by Crippen LogP contribution is -2.43. The summed E-state index contributed by atoms with van der Waals surface area (Å²) >= 11 is 0. The number of hydrogen-bond donors (Lipinski definition) is 1. The number of H-pyrrole nitrogens is 1. The monoisotopic (exact) mass is 273 g/mol. The SMILES string of the molecule is CC(C)(C)[Si](C)(C)Oc1ccc2[nH]nc(C#N)c2c1. The fourth-order valence-electron chi connectivity index (χ4n) is 1.59. The van der Waals surface area contributed by atoms with E-state index in [-0.39, 0.29) is 5.04 Å². The van der Waals surface area contributed by atoms with Gasteiger partial charge in [0.1, 0.15) is 11.8 Å². The maximum absolute atomic E-state index is 9.01. The summed E-state index contributed by atoms with van der Waals surface area (Å²) in [5, 5.41) is 16.8. The van der Waals surface area contributed by atoms with Crippen molar-refractivity contribution in [3.8, 4) is 11.8 Å². The Labute approximate surface area is 114 Å². The van der Waals surface area contributed by atoms with Crippen LogP contribution in [-0.2, 0) is 0 Å². The summed E-state index contributed by atoms with van der Waals surface area (Å²) in [6.45, 7) is 11.0. The van der Waals surface area contributed by atoms with Crippen LogP contribution < -0.4 is 4.43 Å². The van der Waals surface area contributed by atoms with Gasteiger partial charge in [-0.2, -0.15) is 10.4 Å². The van der Waals surface area contributed by atoms with Crippen molar-refractivity contribution in [1.29, 1.82) is 5.26 Å². The third kappa shape index (κ3) is 2.49. The van der Waals surface area contributed by atoms with Crippen molar-refractivity contribution >= 4 is 19.2 Å². The van der Waals surface area contributed by atoms with Crippen LogP contribution in [0.4, 0.5) is 0 Å². The first-order valence-electron chi connectivity index (χ1n) is 6.32. The molecule has 100 valence electrons. The average molecular weight is 273 g/mol. The molecule has 2 rings (SSSR count). The molecule has 0 fully saturated rings. The number of rotatable bonds is 2. The summed E-state index contributed by atoms with van der Waals surface area (Å²) in [7, 11) is -1.85. The van der Waals surface area contributed by atoms with Gasteiger partial charge in [-0.15, -0.1) is 0 Å². The van der Waals surface area contributed by atoms with Gasteiger partial charge in [-0.1, -0.05) is 20.8 Å². The highest BCUT2D eigenvalue weighted by atomic mass is 28.4. The minimum Gasteiger partial charge on any atom is -0.543 e. The van der Waals surface area contributed by atoms with Crippen LogP contribution in [0.1, 0.15) is 26.5 Å². The van der Waals surface area contributed by atoms with Crippen LogP contribution in [0.15, 0.2) is 18.2 Å². The standard InChI is InChI=1S/C14H19N3OSi/c1-14(2,3)19(4,5)18-10-6-7-12-11(8-10)13(9-15)17-16-12/h6-8H,1-5H3,(H,16,17). The number of hydrogen-bond acceptors (Lipinski definition) is 3. The maximum atomic E-state index is 9.01. The molecule has 0 saturated carbocycles. The Hall–Kier alpha value is -1.80. The fraction of sp³-hybridized carbons (Fsp3) is 0.429. The molecule has 0 radical (unpaired) electrons. The molecule has 4 nitrogen and oxygen atoms in total. The summed E-state index contributed by atoms with van der Waals surface area (Å²) in [4.78, 5) is 0. The Morgan fingerprint density at radius 1 is 1.32 bits per heavy atom. The molecule has 0 unspecified atom stereocenters. The number of fused-ring (bicyclic) bond motifs is 1. The lowest BCUT2D eigenvalue weighted by molar-refractivity contribution is 0.493. The molecule has 0 saturated heterocycles. The van der Waals surface area contributed by atoms with Gasteiger partial charge >= 0.3 is 0 Å². The predicted molar refractivity (Wildman–Crippen MR) is 78.6 cm³/mol. The molecule has 0 aliphatic rings. The van der Waals surface area contributed by atoms with Gasteiger partial charge in [0.2, 0.25) is 8.32 Å². The molecule has 0 amide bonds. The van der Waals surface area contributed by atoms with Crippen LogP contribution in [0.25, 0.3) is 10.9 Å². The maximum Gasteiger partial charge on any atom is 0.250 e. The molecule has 1 N–H and O–H groups in total. The molecule has 0 aliphatic heterocycles. The Morgan fingerprint density at radius 2 is 2.00 bits per heavy atom. The summed E-state index contributed by atoms with van der Waals surface area (Å²) in [6.07, 6.45) is 0. The van der Waals surface area contributed by atoms with Crippen LogP contribution >= 0.6 is 0 Å². The molecule has 0 aliphatic carbocycles. The molecular weight excluding hydrogens is 254 g/mol. The molecule has 0 atom stereocenters. The molecule has 1 heterocycles. The third-order valence-corrected chi connectivity index (χ3v) is 8.18. The van der Waals surface area contributed by atoms with Gasteiger partial charge in [-0.25, -0.2) is 0 Å². The summed E-state index contributed by atoms with van der Waals surface area (Å²) < 4.78 is 6.23. The fourth-order valence-corrected chi connectivity index (χ4v) is 2.61. The van der Waals surface area contributed by atoms with E-state index in [1.165, 1.54) is 0 Å². The summed E-state index contributed by atoms with van der Waals surface area (Å²) in [5.41, 5.74) is 1.27. The summed E-state index contributed by atoms with van der Waals surface area (Å²) in [5.74, 6) is 0.817.